The molecule has 0 bridgehead atoms. The third kappa shape index (κ3) is 17.9. The first-order valence-corrected chi connectivity index (χ1v) is 18.1. The highest BCUT2D eigenvalue weighted by molar-refractivity contribution is 6.02. The minimum atomic E-state index is -1.49. The van der Waals surface area contributed by atoms with E-state index in [0.717, 1.165) is 55.4 Å². The van der Waals surface area contributed by atoms with Gasteiger partial charge in [0.1, 0.15) is 25.4 Å². The summed E-state index contributed by atoms with van der Waals surface area (Å²) in [7, 11) is 0. The van der Waals surface area contributed by atoms with Gasteiger partial charge in [-0.3, -0.25) is 47.9 Å². The van der Waals surface area contributed by atoms with Gasteiger partial charge in [0, 0.05) is 80.3 Å². The zero-order chi connectivity index (χ0) is 45.1. The van der Waals surface area contributed by atoms with Crippen LogP contribution in [0.1, 0.15) is 55.4 Å². The Hall–Kier alpha value is -5.90. The van der Waals surface area contributed by atoms with E-state index in [1.807, 2.05) is 0 Å². The molecule has 2 aliphatic rings. The molecule has 0 spiro atoms. The van der Waals surface area contributed by atoms with Crippen molar-refractivity contribution in [1.82, 2.24) is 10.6 Å². The molecule has 2 heterocycles. The van der Waals surface area contributed by atoms with Crippen LogP contribution in [0, 0.1) is 11.8 Å². The standard InChI is InChI=1S/C36H48N2O22/c1-17(39)51-15-25-29(53-19(3)41)31(55-21(5)43)33(57-23(7)45)35(59-25)49-13-11-37-27(47)9-10-28(48)38-12-14-50-36-34(58-24(8)46)32(56-22(6)44)30(54-20(4)42)26(60-36)16-52-18(2)40/h25-26,29-36H,11-16H2,1-8H3,(H,37,47)(H,38,48)/t25-,26-,29+,30+,31+,32+,33-,34-,35-,36-/m1/s1. The number of carbonyl (C=O) groups is 10. The molecule has 2 amide bonds. The molecular weight excluding hydrogens is 812 g/mol. The van der Waals surface area contributed by atoms with Crippen molar-refractivity contribution in [2.45, 2.75) is 117 Å². The van der Waals surface area contributed by atoms with Crippen LogP contribution in [0.3, 0.4) is 0 Å². The molecule has 334 valence electrons. The Morgan fingerprint density at radius 2 is 0.700 bits per heavy atom. The Morgan fingerprint density at radius 3 is 0.983 bits per heavy atom. The van der Waals surface area contributed by atoms with Gasteiger partial charge in [0.15, 0.2) is 49.2 Å². The van der Waals surface area contributed by atoms with Crippen molar-refractivity contribution in [2.24, 2.45) is 0 Å². The van der Waals surface area contributed by atoms with Crippen molar-refractivity contribution >= 4 is 59.6 Å². The van der Waals surface area contributed by atoms with Gasteiger partial charge in [-0.15, -0.1) is 0 Å². The lowest BCUT2D eigenvalue weighted by Crippen LogP contribution is -2.63. The van der Waals surface area contributed by atoms with E-state index in [1.54, 1.807) is 0 Å². The molecule has 0 aliphatic carbocycles. The van der Waals surface area contributed by atoms with Crippen LogP contribution < -0.4 is 10.6 Å². The minimum absolute atomic E-state index is 0.244. The van der Waals surface area contributed by atoms with Crippen LogP contribution in [0.15, 0.2) is 0 Å². The van der Waals surface area contributed by atoms with Gasteiger partial charge in [0.2, 0.25) is 0 Å². The Bertz CT molecular complexity index is 1540. The topological polar surface area (TPSA) is 306 Å². The second-order valence-corrected chi connectivity index (χ2v) is 12.6. The molecule has 0 aromatic heterocycles. The molecule has 10 atom stereocenters. The molecule has 2 fully saturated rings. The van der Waals surface area contributed by atoms with Gasteiger partial charge in [0.05, 0.1) is 13.2 Å². The van der Waals surface area contributed by atoms with E-state index in [-0.39, 0.29) is 26.3 Å². The molecule has 0 saturated carbocycles. The highest BCUT2D eigenvalue weighted by Crippen LogP contribution is 2.31. The lowest BCUT2D eigenvalue weighted by Gasteiger charge is -2.44. The molecule has 2 N–H and O–H groups in total. The summed E-state index contributed by atoms with van der Waals surface area (Å²) in [6.45, 7) is 6.48. The monoisotopic (exact) mass is 860 g/mol. The van der Waals surface area contributed by atoms with E-state index in [0.29, 0.717) is 0 Å². The van der Waals surface area contributed by atoms with Crippen molar-refractivity contribution in [1.29, 1.82) is 0 Å². The van der Waals surface area contributed by atoms with E-state index in [2.05, 4.69) is 22.5 Å². The van der Waals surface area contributed by atoms with Crippen molar-refractivity contribution in [2.75, 3.05) is 39.5 Å². The smallest absolute Gasteiger partial charge is 0.303 e. The van der Waals surface area contributed by atoms with E-state index < -0.39 is 134 Å². The minimum Gasteiger partial charge on any atom is -0.463 e. The summed E-state index contributed by atoms with van der Waals surface area (Å²) in [5, 5.41) is 4.72. The summed E-state index contributed by atoms with van der Waals surface area (Å²) in [5.74, 6) is -4.16. The van der Waals surface area contributed by atoms with Crippen LogP contribution in [0.25, 0.3) is 0 Å². The first kappa shape index (κ1) is 50.2. The van der Waals surface area contributed by atoms with Crippen LogP contribution in [0.2, 0.25) is 0 Å². The van der Waals surface area contributed by atoms with Gasteiger partial charge in [0.25, 0.3) is 11.8 Å². The molecule has 24 heteroatoms. The molecule has 2 rings (SSSR count). The maximum absolute atomic E-state index is 12.4. The summed E-state index contributed by atoms with van der Waals surface area (Å²) in [4.78, 5) is 119. The highest BCUT2D eigenvalue weighted by Gasteiger charge is 2.54. The first-order chi connectivity index (χ1) is 28.2. The lowest BCUT2D eigenvalue weighted by atomic mass is 9.98. The number of carbonyl (C=O) groups excluding carboxylic acids is 10. The number of esters is 8. The summed E-state index contributed by atoms with van der Waals surface area (Å²) in [5.41, 5.74) is 0. The molecule has 2 saturated heterocycles. The predicted octanol–water partition coefficient (Wildman–Crippen LogP) is -2.58. The summed E-state index contributed by atoms with van der Waals surface area (Å²) in [6.07, 6.45) is -14.2. The predicted molar refractivity (Wildman–Crippen MR) is 190 cm³/mol. The molecule has 0 radical (unpaired) electrons. The van der Waals surface area contributed by atoms with Gasteiger partial charge in [-0.2, -0.15) is 0 Å². The lowest BCUT2D eigenvalue weighted by molar-refractivity contribution is -0.307. The maximum Gasteiger partial charge on any atom is 0.303 e. The van der Waals surface area contributed by atoms with Crippen molar-refractivity contribution in [3.8, 4) is 11.8 Å². The summed E-state index contributed by atoms with van der Waals surface area (Å²) < 4.78 is 64.7. The first-order valence-electron chi connectivity index (χ1n) is 18.1. The van der Waals surface area contributed by atoms with Gasteiger partial charge in [-0.1, -0.05) is 0 Å². The third-order valence-electron chi connectivity index (χ3n) is 7.53. The second-order valence-electron chi connectivity index (χ2n) is 12.6. The number of amides is 2. The van der Waals surface area contributed by atoms with Gasteiger partial charge in [-0.25, -0.2) is 0 Å². The molecule has 0 unspecified atom stereocenters. The Balaban J connectivity index is 2.03. The molecule has 24 nitrogen and oxygen atoms in total. The number of rotatable bonds is 18. The van der Waals surface area contributed by atoms with E-state index >= 15 is 0 Å². The Kier molecular flexibility index (Phi) is 20.8. The van der Waals surface area contributed by atoms with Crippen LogP contribution in [0.5, 0.6) is 0 Å². The zero-order valence-corrected chi connectivity index (χ0v) is 34.0. The van der Waals surface area contributed by atoms with Gasteiger partial charge in [-0.05, 0) is 0 Å². The average molecular weight is 861 g/mol. The average Bonchev–Trinajstić information content (AvgIpc) is 3.12. The molecular formula is C36H48N2O22. The molecule has 2 aliphatic heterocycles. The highest BCUT2D eigenvalue weighted by atomic mass is 16.7. The van der Waals surface area contributed by atoms with Crippen LogP contribution >= 0.6 is 0 Å². The normalized spacial score (nSPS) is 25.6. The second kappa shape index (κ2) is 24.9. The number of hydrogen-bond acceptors (Lipinski definition) is 22. The Morgan fingerprint density at radius 1 is 0.417 bits per heavy atom. The SMILES string of the molecule is CC(=O)OC[C@H]1O[C@@H](OCCNC(=O)C#CC(=O)NCCO[C@@H]2O[C@H](COC(C)=O)[C@H](OC(C)=O)[C@H](OC(C)=O)[C@H]2OC(C)=O)[C@H](OC(C)=O)[C@@H](OC(C)=O)[C@H]1OC(C)=O. The summed E-state index contributed by atoms with van der Waals surface area (Å²) >= 11 is 0. The quantitative estimate of drug-likeness (QED) is 0.0619. The molecule has 60 heavy (non-hydrogen) atoms. The van der Waals surface area contributed by atoms with Crippen molar-refractivity contribution in [3.63, 3.8) is 0 Å². The Labute approximate surface area is 343 Å². The number of nitrogens with one attached hydrogen (secondary N) is 2. The van der Waals surface area contributed by atoms with Gasteiger partial charge >= 0.3 is 47.8 Å². The van der Waals surface area contributed by atoms with Crippen LogP contribution in [0.4, 0.5) is 0 Å². The van der Waals surface area contributed by atoms with Crippen molar-refractivity contribution < 1.29 is 105 Å². The largest absolute Gasteiger partial charge is 0.463 e. The third-order valence-corrected chi connectivity index (χ3v) is 7.53. The fourth-order valence-corrected chi connectivity index (χ4v) is 5.53. The summed E-state index contributed by atoms with van der Waals surface area (Å²) in [6, 6.07) is 0. The van der Waals surface area contributed by atoms with Crippen LogP contribution in [-0.4, -0.2) is 160 Å². The van der Waals surface area contributed by atoms with Gasteiger partial charge < -0.3 is 67.5 Å². The van der Waals surface area contributed by atoms with E-state index in [1.165, 1.54) is 0 Å². The number of hydrogen-bond donors (Lipinski definition) is 2. The fraction of sp³-hybridized carbons (Fsp3) is 0.667. The van der Waals surface area contributed by atoms with E-state index in [4.69, 9.17) is 56.8 Å². The number of ether oxygens (including phenoxy) is 12. The molecule has 0 aromatic rings. The molecule has 0 aromatic carbocycles. The van der Waals surface area contributed by atoms with Crippen LogP contribution in [-0.2, 0) is 105 Å². The fourth-order valence-electron chi connectivity index (χ4n) is 5.53. The zero-order valence-electron chi connectivity index (χ0n) is 34.0. The van der Waals surface area contributed by atoms with E-state index in [9.17, 15) is 47.9 Å². The maximum atomic E-state index is 12.4. The van der Waals surface area contributed by atoms with Crippen molar-refractivity contribution in [3.05, 3.63) is 0 Å².